The van der Waals surface area contributed by atoms with Crippen LogP contribution in [0.1, 0.15) is 34.2 Å². The van der Waals surface area contributed by atoms with Crippen LogP contribution in [-0.4, -0.2) is 42.4 Å². The van der Waals surface area contributed by atoms with Crippen LogP contribution in [0.3, 0.4) is 0 Å². The summed E-state index contributed by atoms with van der Waals surface area (Å²) < 4.78 is 11.8. The van der Waals surface area contributed by atoms with E-state index < -0.39 is 0 Å². The normalized spacial score (nSPS) is 10.2. The molecule has 8 heteroatoms. The van der Waals surface area contributed by atoms with Gasteiger partial charge in [0.05, 0.1) is 26.1 Å². The predicted molar refractivity (Wildman–Crippen MR) is 93.3 cm³/mol. The third kappa shape index (κ3) is 4.09. The Bertz CT molecular complexity index is 770. The van der Waals surface area contributed by atoms with Gasteiger partial charge in [0.2, 0.25) is 0 Å². The lowest BCUT2D eigenvalue weighted by Gasteiger charge is -2.11. The first kappa shape index (κ1) is 18.3. The maximum atomic E-state index is 12.5. The number of ether oxygens (including phenoxy) is 2. The van der Waals surface area contributed by atoms with E-state index in [1.807, 2.05) is 6.92 Å². The highest BCUT2D eigenvalue weighted by molar-refractivity contribution is 6.08. The third-order valence-electron chi connectivity index (χ3n) is 3.58. The summed E-state index contributed by atoms with van der Waals surface area (Å²) in [7, 11) is 4.66. The quantitative estimate of drug-likeness (QED) is 0.798. The van der Waals surface area contributed by atoms with Crippen LogP contribution >= 0.6 is 0 Å². The molecule has 0 saturated carbocycles. The minimum Gasteiger partial charge on any atom is -0.493 e. The van der Waals surface area contributed by atoms with Crippen molar-refractivity contribution < 1.29 is 19.1 Å². The van der Waals surface area contributed by atoms with Crippen LogP contribution in [-0.2, 0) is 7.05 Å². The van der Waals surface area contributed by atoms with E-state index in [0.717, 1.165) is 6.42 Å². The number of aryl methyl sites for hydroxylation is 1. The molecular weight excluding hydrogens is 324 g/mol. The monoisotopic (exact) mass is 346 g/mol. The molecule has 0 atom stereocenters. The molecule has 0 bridgehead atoms. The number of methoxy groups -OCH3 is 2. The van der Waals surface area contributed by atoms with Crippen LogP contribution < -0.4 is 20.1 Å². The summed E-state index contributed by atoms with van der Waals surface area (Å²) in [5, 5.41) is 9.54. The lowest BCUT2D eigenvalue weighted by molar-refractivity contribution is 0.0945. The Morgan fingerprint density at radius 1 is 1.16 bits per heavy atom. The Morgan fingerprint density at radius 3 is 2.52 bits per heavy atom. The average Bonchev–Trinajstić information content (AvgIpc) is 2.99. The zero-order valence-electron chi connectivity index (χ0n) is 14.8. The van der Waals surface area contributed by atoms with Crippen LogP contribution in [0.2, 0.25) is 0 Å². The Hall–Kier alpha value is -3.03. The van der Waals surface area contributed by atoms with Crippen molar-refractivity contribution in [1.29, 1.82) is 0 Å². The molecule has 8 nitrogen and oxygen atoms in total. The van der Waals surface area contributed by atoms with E-state index in [1.165, 1.54) is 25.1 Å². The smallest absolute Gasteiger partial charge is 0.271 e. The Labute approximate surface area is 146 Å². The molecular formula is C17H22N4O4. The molecule has 2 amide bonds. The molecule has 0 aliphatic rings. The second-order valence-electron chi connectivity index (χ2n) is 5.31. The van der Waals surface area contributed by atoms with Gasteiger partial charge in [-0.1, -0.05) is 6.92 Å². The highest BCUT2D eigenvalue weighted by Crippen LogP contribution is 2.28. The van der Waals surface area contributed by atoms with Gasteiger partial charge >= 0.3 is 0 Å². The molecule has 0 radical (unpaired) electrons. The van der Waals surface area contributed by atoms with Crippen molar-refractivity contribution >= 4 is 17.5 Å². The van der Waals surface area contributed by atoms with Crippen molar-refractivity contribution in [2.75, 3.05) is 26.1 Å². The van der Waals surface area contributed by atoms with Crippen molar-refractivity contribution in [1.82, 2.24) is 15.1 Å². The molecule has 25 heavy (non-hydrogen) atoms. The van der Waals surface area contributed by atoms with Crippen molar-refractivity contribution in [2.24, 2.45) is 7.05 Å². The minimum atomic E-state index is -0.376. The molecule has 0 aliphatic carbocycles. The standard InChI is InChI=1S/C17H22N4O4/c1-5-8-18-17(23)15-12(10-19-21(15)2)20-16(22)11-6-7-13(24-3)14(9-11)25-4/h6-7,9-10H,5,8H2,1-4H3,(H,18,23)(H,20,22). The maximum Gasteiger partial charge on any atom is 0.271 e. The summed E-state index contributed by atoms with van der Waals surface area (Å²) in [6, 6.07) is 4.83. The summed E-state index contributed by atoms with van der Waals surface area (Å²) >= 11 is 0. The van der Waals surface area contributed by atoms with Crippen LogP contribution in [0.25, 0.3) is 0 Å². The first-order valence-corrected chi connectivity index (χ1v) is 7.85. The van der Waals surface area contributed by atoms with E-state index in [9.17, 15) is 9.59 Å². The molecule has 0 fully saturated rings. The predicted octanol–water partition coefficient (Wildman–Crippen LogP) is 1.83. The Morgan fingerprint density at radius 2 is 1.88 bits per heavy atom. The van der Waals surface area contributed by atoms with Crippen LogP contribution in [0, 0.1) is 0 Å². The number of anilines is 1. The SMILES string of the molecule is CCCNC(=O)c1c(NC(=O)c2ccc(OC)c(OC)c2)cnn1C. The lowest BCUT2D eigenvalue weighted by Crippen LogP contribution is -2.27. The number of benzene rings is 1. The summed E-state index contributed by atoms with van der Waals surface area (Å²) in [6.45, 7) is 2.51. The molecule has 0 saturated heterocycles. The maximum absolute atomic E-state index is 12.5. The Kier molecular flexibility index (Phi) is 5.99. The number of nitrogens with zero attached hydrogens (tertiary/aromatic N) is 2. The molecule has 0 spiro atoms. The largest absolute Gasteiger partial charge is 0.493 e. The van der Waals surface area contributed by atoms with Crippen LogP contribution in [0.5, 0.6) is 11.5 Å². The van der Waals surface area contributed by atoms with Crippen molar-refractivity contribution in [3.05, 3.63) is 35.7 Å². The summed E-state index contributed by atoms with van der Waals surface area (Å²) in [5.74, 6) is 0.310. The molecule has 2 N–H and O–H groups in total. The van der Waals surface area contributed by atoms with Crippen LogP contribution in [0.15, 0.2) is 24.4 Å². The van der Waals surface area contributed by atoms with Crippen molar-refractivity contribution in [3.8, 4) is 11.5 Å². The summed E-state index contributed by atoms with van der Waals surface area (Å²) in [6.07, 6.45) is 2.26. The minimum absolute atomic E-state index is 0.288. The number of rotatable bonds is 7. The number of aromatic nitrogens is 2. The van der Waals surface area contributed by atoms with Crippen molar-refractivity contribution in [2.45, 2.75) is 13.3 Å². The van der Waals surface area contributed by atoms with E-state index >= 15 is 0 Å². The topological polar surface area (TPSA) is 94.5 Å². The van der Waals surface area contributed by atoms with Gasteiger partial charge in [-0.25, -0.2) is 0 Å². The number of carbonyl (C=O) groups excluding carboxylic acids is 2. The Balaban J connectivity index is 2.23. The van der Waals surface area contributed by atoms with E-state index in [0.29, 0.717) is 35.0 Å². The van der Waals surface area contributed by atoms with Gasteiger partial charge in [0.25, 0.3) is 11.8 Å². The van der Waals surface area contributed by atoms with Gasteiger partial charge in [0.1, 0.15) is 5.69 Å². The summed E-state index contributed by atoms with van der Waals surface area (Å²) in [5.41, 5.74) is 1.01. The molecule has 1 heterocycles. The number of hydrogen-bond donors (Lipinski definition) is 2. The first-order chi connectivity index (χ1) is 12.0. The highest BCUT2D eigenvalue weighted by Gasteiger charge is 2.19. The van der Waals surface area contributed by atoms with E-state index in [2.05, 4.69) is 15.7 Å². The van der Waals surface area contributed by atoms with Gasteiger partial charge in [-0.15, -0.1) is 0 Å². The molecule has 134 valence electrons. The molecule has 1 aromatic heterocycles. The van der Waals surface area contributed by atoms with E-state index in [1.54, 1.807) is 25.2 Å². The van der Waals surface area contributed by atoms with Gasteiger partial charge in [-0.05, 0) is 24.6 Å². The zero-order chi connectivity index (χ0) is 18.4. The zero-order valence-corrected chi connectivity index (χ0v) is 14.8. The third-order valence-corrected chi connectivity index (χ3v) is 3.58. The van der Waals surface area contributed by atoms with Gasteiger partial charge < -0.3 is 20.1 Å². The fraction of sp³-hybridized carbons (Fsp3) is 0.353. The van der Waals surface area contributed by atoms with Gasteiger partial charge in [0, 0.05) is 19.2 Å². The molecule has 0 unspecified atom stereocenters. The average molecular weight is 346 g/mol. The number of hydrogen-bond acceptors (Lipinski definition) is 5. The highest BCUT2D eigenvalue weighted by atomic mass is 16.5. The summed E-state index contributed by atoms with van der Waals surface area (Å²) in [4.78, 5) is 24.8. The molecule has 1 aromatic carbocycles. The first-order valence-electron chi connectivity index (χ1n) is 7.85. The van der Waals surface area contributed by atoms with Gasteiger partial charge in [-0.3, -0.25) is 14.3 Å². The van der Waals surface area contributed by atoms with Gasteiger partial charge in [-0.2, -0.15) is 5.10 Å². The second-order valence-corrected chi connectivity index (χ2v) is 5.31. The number of nitrogens with one attached hydrogen (secondary N) is 2. The second kappa shape index (κ2) is 8.18. The van der Waals surface area contributed by atoms with Gasteiger partial charge in [0.15, 0.2) is 11.5 Å². The molecule has 0 aliphatic heterocycles. The van der Waals surface area contributed by atoms with Crippen LogP contribution in [0.4, 0.5) is 5.69 Å². The molecule has 2 aromatic rings. The number of amides is 2. The van der Waals surface area contributed by atoms with E-state index in [4.69, 9.17) is 9.47 Å². The molecule has 2 rings (SSSR count). The lowest BCUT2D eigenvalue weighted by atomic mass is 10.2. The van der Waals surface area contributed by atoms with E-state index in [-0.39, 0.29) is 11.8 Å². The fourth-order valence-electron chi connectivity index (χ4n) is 2.29. The van der Waals surface area contributed by atoms with Crippen molar-refractivity contribution in [3.63, 3.8) is 0 Å². The fourth-order valence-corrected chi connectivity index (χ4v) is 2.29. The number of carbonyl (C=O) groups is 2.